The van der Waals surface area contributed by atoms with E-state index in [4.69, 9.17) is 27.5 Å². The molecule has 11 heteroatoms. The van der Waals surface area contributed by atoms with Crippen LogP contribution in [0.1, 0.15) is 60.0 Å². The van der Waals surface area contributed by atoms with Gasteiger partial charge in [-0.1, -0.05) is 30.2 Å². The molecule has 0 aliphatic carbocycles. The minimum absolute atomic E-state index is 0.0224. The Balaban J connectivity index is 1.43. The summed E-state index contributed by atoms with van der Waals surface area (Å²) in [4.78, 5) is 46.6. The third kappa shape index (κ3) is 9.21. The first-order valence-electron chi connectivity index (χ1n) is 13.0. The number of carbonyl (C=O) groups is 3. The highest BCUT2D eigenvalue weighted by Crippen LogP contribution is 2.19. The number of terminal acetylenes is 1. The smallest absolute Gasteiger partial charge is 0.422 e. The highest BCUT2D eigenvalue weighted by atomic mass is 35.5. The zero-order valence-electron chi connectivity index (χ0n) is 23.0. The lowest BCUT2D eigenvalue weighted by Crippen LogP contribution is -2.48. The number of aromatic nitrogens is 1. The molecule has 9 nitrogen and oxygen atoms in total. The van der Waals surface area contributed by atoms with Crippen molar-refractivity contribution < 1.29 is 28.2 Å². The maximum Gasteiger partial charge on any atom is 0.422 e. The van der Waals surface area contributed by atoms with Gasteiger partial charge >= 0.3 is 12.1 Å². The fourth-order valence-corrected chi connectivity index (χ4v) is 4.22. The van der Waals surface area contributed by atoms with Crippen LogP contribution in [0.25, 0.3) is 0 Å². The average Bonchev–Trinajstić information content (AvgIpc) is 2.90. The molecule has 0 spiro atoms. The largest absolute Gasteiger partial charge is 0.461 e. The van der Waals surface area contributed by atoms with Gasteiger partial charge < -0.3 is 14.4 Å². The van der Waals surface area contributed by atoms with Crippen molar-refractivity contribution in [1.82, 2.24) is 19.7 Å². The van der Waals surface area contributed by atoms with E-state index in [2.05, 4.69) is 15.9 Å². The number of halogens is 2. The highest BCUT2D eigenvalue weighted by molar-refractivity contribution is 6.33. The molecule has 0 radical (unpaired) electrons. The third-order valence-electron chi connectivity index (χ3n) is 6.04. The first-order valence-corrected chi connectivity index (χ1v) is 13.4. The lowest BCUT2D eigenvalue weighted by molar-refractivity contribution is 0.0338. The number of carbonyl (C=O) groups excluding carboxylic acids is 3. The number of hydrogen-bond donors (Lipinski definition) is 0. The van der Waals surface area contributed by atoms with Crippen molar-refractivity contribution in [3.8, 4) is 12.5 Å². The maximum absolute atomic E-state index is 13.1. The molecule has 1 aromatic carbocycles. The second-order valence-electron chi connectivity index (χ2n) is 10.4. The average molecular weight is 573 g/mol. The van der Waals surface area contributed by atoms with Crippen LogP contribution in [0.2, 0.25) is 5.02 Å². The minimum Gasteiger partial charge on any atom is -0.461 e. The van der Waals surface area contributed by atoms with E-state index in [0.29, 0.717) is 45.6 Å². The number of rotatable bonds is 9. The van der Waals surface area contributed by atoms with Gasteiger partial charge in [0.15, 0.2) is 5.69 Å². The van der Waals surface area contributed by atoms with Gasteiger partial charge in [-0.25, -0.2) is 23.9 Å². The number of hydrogen-bond acceptors (Lipinski definition) is 7. The van der Waals surface area contributed by atoms with E-state index in [0.717, 1.165) is 10.5 Å². The Morgan fingerprint density at radius 3 is 2.40 bits per heavy atom. The molecule has 0 atom stereocenters. The van der Waals surface area contributed by atoms with Crippen LogP contribution in [-0.2, 0) is 16.0 Å². The van der Waals surface area contributed by atoms with Crippen molar-refractivity contribution in [2.75, 3.05) is 39.3 Å². The number of esters is 1. The van der Waals surface area contributed by atoms with Crippen LogP contribution in [-0.4, -0.2) is 82.6 Å². The van der Waals surface area contributed by atoms with Crippen LogP contribution < -0.4 is 0 Å². The summed E-state index contributed by atoms with van der Waals surface area (Å²) < 4.78 is 23.6. The number of amides is 2. The standard InChI is InChI=1S/C29H34ClFN4O5/c1-5-34(28(38)40-29(2,3)4)12-6-7-17-39-27(37)25-24(30)18-22(19-32-25)26(36)35-15-13-33(14-16-35)20-21-8-10-23(31)11-9-21/h1,8-11,18-19H,6-7,12-17,20H2,2-4H3. The van der Waals surface area contributed by atoms with Gasteiger partial charge in [0, 0.05) is 51.5 Å². The van der Waals surface area contributed by atoms with Crippen LogP contribution in [0, 0.1) is 18.3 Å². The van der Waals surface area contributed by atoms with Gasteiger partial charge in [-0.3, -0.25) is 9.69 Å². The van der Waals surface area contributed by atoms with Gasteiger partial charge in [0.2, 0.25) is 0 Å². The highest BCUT2D eigenvalue weighted by Gasteiger charge is 2.24. The molecule has 2 heterocycles. The molecule has 1 aliphatic rings. The lowest BCUT2D eigenvalue weighted by Gasteiger charge is -2.34. The van der Waals surface area contributed by atoms with Crippen LogP contribution in [0.3, 0.4) is 0 Å². The van der Waals surface area contributed by atoms with Crippen molar-refractivity contribution in [1.29, 1.82) is 0 Å². The van der Waals surface area contributed by atoms with Gasteiger partial charge in [-0.15, -0.1) is 0 Å². The van der Waals surface area contributed by atoms with E-state index in [9.17, 15) is 18.8 Å². The van der Waals surface area contributed by atoms with Gasteiger partial charge in [0.1, 0.15) is 11.4 Å². The molecule has 1 aromatic heterocycles. The van der Waals surface area contributed by atoms with E-state index in [1.807, 2.05) is 0 Å². The van der Waals surface area contributed by atoms with Crippen molar-refractivity contribution in [3.05, 3.63) is 64.2 Å². The molecule has 1 fully saturated rings. The molecule has 0 saturated carbocycles. The predicted molar refractivity (Wildman–Crippen MR) is 148 cm³/mol. The SMILES string of the molecule is C#CN(CCCCOC(=O)c1ncc(C(=O)N2CCN(Cc3ccc(F)cc3)CC2)cc1Cl)C(=O)OC(C)(C)C. The van der Waals surface area contributed by atoms with Gasteiger partial charge in [0.05, 0.1) is 17.2 Å². The van der Waals surface area contributed by atoms with Crippen LogP contribution in [0.4, 0.5) is 9.18 Å². The minimum atomic E-state index is -0.709. The van der Waals surface area contributed by atoms with Crippen LogP contribution >= 0.6 is 11.6 Å². The van der Waals surface area contributed by atoms with Crippen LogP contribution in [0.15, 0.2) is 36.5 Å². The van der Waals surface area contributed by atoms with E-state index < -0.39 is 17.7 Å². The Labute approximate surface area is 239 Å². The maximum atomic E-state index is 13.1. The van der Waals surface area contributed by atoms with E-state index in [1.54, 1.807) is 37.8 Å². The summed E-state index contributed by atoms with van der Waals surface area (Å²) in [7, 11) is 0. The predicted octanol–water partition coefficient (Wildman–Crippen LogP) is 4.60. The molecule has 2 amide bonds. The Morgan fingerprint density at radius 2 is 1.80 bits per heavy atom. The summed E-state index contributed by atoms with van der Waals surface area (Å²) in [5, 5.41) is 0.0224. The lowest BCUT2D eigenvalue weighted by atomic mass is 10.1. The third-order valence-corrected chi connectivity index (χ3v) is 6.33. The van der Waals surface area contributed by atoms with Crippen LogP contribution in [0.5, 0.6) is 0 Å². The zero-order chi connectivity index (χ0) is 29.3. The number of pyridine rings is 1. The first-order chi connectivity index (χ1) is 19.0. The quantitative estimate of drug-likeness (QED) is 0.188. The van der Waals surface area contributed by atoms with Gasteiger partial charge in [-0.2, -0.15) is 0 Å². The molecule has 1 aliphatic heterocycles. The number of benzene rings is 1. The van der Waals surface area contributed by atoms with Gasteiger partial charge in [0.25, 0.3) is 5.91 Å². The molecular weight excluding hydrogens is 539 g/mol. The molecule has 2 aromatic rings. The summed E-state index contributed by atoms with van der Waals surface area (Å²) in [5.41, 5.74) is 0.552. The topological polar surface area (TPSA) is 92.3 Å². The number of nitrogens with zero attached hydrogens (tertiary/aromatic N) is 4. The Morgan fingerprint density at radius 1 is 1.12 bits per heavy atom. The molecule has 40 heavy (non-hydrogen) atoms. The fourth-order valence-electron chi connectivity index (χ4n) is 3.98. The summed E-state index contributed by atoms with van der Waals surface area (Å²) in [5.74, 6) is -1.20. The zero-order valence-corrected chi connectivity index (χ0v) is 23.7. The summed E-state index contributed by atoms with van der Waals surface area (Å²) >= 11 is 6.27. The number of ether oxygens (including phenoxy) is 2. The Kier molecular flexibility index (Phi) is 10.9. The van der Waals surface area contributed by atoms with Crippen molar-refractivity contribution >= 4 is 29.6 Å². The number of piperazine rings is 1. The molecule has 3 rings (SSSR count). The molecule has 0 N–H and O–H groups in total. The van der Waals surface area contributed by atoms with E-state index in [-0.39, 0.29) is 41.2 Å². The molecule has 214 valence electrons. The monoisotopic (exact) mass is 572 g/mol. The summed E-state index contributed by atoms with van der Waals surface area (Å²) in [6, 6.07) is 10.1. The molecule has 0 unspecified atom stereocenters. The Bertz CT molecular complexity index is 1230. The van der Waals surface area contributed by atoms with E-state index in [1.165, 1.54) is 24.4 Å². The van der Waals surface area contributed by atoms with Crippen molar-refractivity contribution in [2.45, 2.75) is 45.8 Å². The van der Waals surface area contributed by atoms with Crippen molar-refractivity contribution in [3.63, 3.8) is 0 Å². The first kappa shape index (κ1) is 30.9. The van der Waals surface area contributed by atoms with E-state index >= 15 is 0 Å². The second-order valence-corrected chi connectivity index (χ2v) is 10.8. The number of unbranched alkanes of at least 4 members (excludes halogenated alkanes) is 1. The second kappa shape index (κ2) is 14.1. The Hall–Kier alpha value is -3.68. The molecule has 0 bridgehead atoms. The fraction of sp³-hybridized carbons (Fsp3) is 0.448. The normalized spacial score (nSPS) is 13.8. The summed E-state index contributed by atoms with van der Waals surface area (Å²) in [6.45, 7) is 8.64. The molecular formula is C29H34ClFN4O5. The molecule has 1 saturated heterocycles. The van der Waals surface area contributed by atoms with Crippen molar-refractivity contribution in [2.24, 2.45) is 0 Å². The summed E-state index contributed by atoms with van der Waals surface area (Å²) in [6.07, 6.45) is 7.05. The van der Waals surface area contributed by atoms with Gasteiger partial charge in [-0.05, 0) is 57.4 Å².